The molecule has 5 nitrogen and oxygen atoms in total. The minimum absolute atomic E-state index is 0.0719. The van der Waals surface area contributed by atoms with Gasteiger partial charge in [0.15, 0.2) is 0 Å². The number of aliphatic hydroxyl groups excluding tert-OH is 1. The normalized spacial score (nSPS) is 28.6. The van der Waals surface area contributed by atoms with Crippen LogP contribution >= 0.6 is 11.6 Å². The average molecular weight is 310 g/mol. The average Bonchev–Trinajstić information content (AvgIpc) is 2.66. The van der Waals surface area contributed by atoms with Gasteiger partial charge in [0.2, 0.25) is 5.91 Å². The van der Waals surface area contributed by atoms with Crippen molar-refractivity contribution in [2.45, 2.75) is 43.9 Å². The van der Waals surface area contributed by atoms with Gasteiger partial charge in [-0.25, -0.2) is 0 Å². The molecule has 1 aromatic carbocycles. The quantitative estimate of drug-likeness (QED) is 0.745. The number of amides is 1. The fourth-order valence-electron chi connectivity index (χ4n) is 3.51. The van der Waals surface area contributed by atoms with Crippen molar-refractivity contribution in [2.75, 3.05) is 17.6 Å². The molecular weight excluding hydrogens is 290 g/mol. The summed E-state index contributed by atoms with van der Waals surface area (Å²) in [7, 11) is 0. The summed E-state index contributed by atoms with van der Waals surface area (Å²) in [6, 6.07) is 5.69. The Morgan fingerprint density at radius 1 is 1.38 bits per heavy atom. The number of nitrogens with two attached hydrogens (primary N) is 1. The van der Waals surface area contributed by atoms with E-state index >= 15 is 0 Å². The van der Waals surface area contributed by atoms with Gasteiger partial charge < -0.3 is 16.2 Å². The fraction of sp³-hybridized carbons (Fsp3) is 0.533. The molecule has 2 saturated heterocycles. The van der Waals surface area contributed by atoms with Crippen LogP contribution < -0.4 is 11.1 Å². The van der Waals surface area contributed by atoms with Crippen molar-refractivity contribution in [3.63, 3.8) is 0 Å². The number of aliphatic hydroxyl groups is 1. The number of rotatable bonds is 3. The lowest BCUT2D eigenvalue weighted by atomic mass is 10.00. The number of nitrogen functional groups attached to an aromatic ring is 1. The molecule has 2 fully saturated rings. The third-order valence-electron chi connectivity index (χ3n) is 4.47. The van der Waals surface area contributed by atoms with Crippen LogP contribution in [0, 0.1) is 0 Å². The van der Waals surface area contributed by atoms with Crippen LogP contribution in [0.5, 0.6) is 0 Å². The Kier molecular flexibility index (Phi) is 4.06. The summed E-state index contributed by atoms with van der Waals surface area (Å²) in [5, 5.41) is 13.2. The first kappa shape index (κ1) is 14.6. The third-order valence-corrected chi connectivity index (χ3v) is 4.71. The Labute approximate surface area is 129 Å². The maximum absolute atomic E-state index is 12.2. The van der Waals surface area contributed by atoms with E-state index in [1.54, 1.807) is 18.2 Å². The summed E-state index contributed by atoms with van der Waals surface area (Å²) in [4.78, 5) is 14.4. The van der Waals surface area contributed by atoms with Crippen LogP contribution in [0.25, 0.3) is 0 Å². The Morgan fingerprint density at radius 3 is 2.67 bits per heavy atom. The van der Waals surface area contributed by atoms with E-state index in [0.29, 0.717) is 35.0 Å². The van der Waals surface area contributed by atoms with Crippen molar-refractivity contribution in [3.05, 3.63) is 23.2 Å². The molecule has 2 heterocycles. The molecule has 4 N–H and O–H groups in total. The van der Waals surface area contributed by atoms with Gasteiger partial charge >= 0.3 is 0 Å². The molecule has 0 saturated carbocycles. The zero-order valence-electron chi connectivity index (χ0n) is 11.8. The Hall–Kier alpha value is -1.30. The summed E-state index contributed by atoms with van der Waals surface area (Å²) in [5.41, 5.74) is 6.90. The van der Waals surface area contributed by atoms with E-state index in [1.165, 1.54) is 0 Å². The number of nitrogens with one attached hydrogen (secondary N) is 1. The highest BCUT2D eigenvalue weighted by Crippen LogP contribution is 2.35. The number of nitrogens with zero attached hydrogens (tertiary/aromatic N) is 1. The van der Waals surface area contributed by atoms with Crippen LogP contribution in [0.4, 0.5) is 11.4 Å². The topological polar surface area (TPSA) is 78.6 Å². The smallest absolute Gasteiger partial charge is 0.238 e. The number of carbonyl (C=O) groups is 1. The fourth-order valence-corrected chi connectivity index (χ4v) is 3.69. The van der Waals surface area contributed by atoms with E-state index in [4.69, 9.17) is 17.3 Å². The maximum Gasteiger partial charge on any atom is 0.238 e. The number of halogens is 1. The Bertz CT molecular complexity index is 538. The van der Waals surface area contributed by atoms with Crippen molar-refractivity contribution in [2.24, 2.45) is 0 Å². The second kappa shape index (κ2) is 5.83. The van der Waals surface area contributed by atoms with Crippen LogP contribution in [-0.4, -0.2) is 40.6 Å². The van der Waals surface area contributed by atoms with E-state index in [-0.39, 0.29) is 12.0 Å². The van der Waals surface area contributed by atoms with Gasteiger partial charge in [0.1, 0.15) is 0 Å². The first-order chi connectivity index (χ1) is 10.0. The van der Waals surface area contributed by atoms with E-state index in [1.807, 2.05) is 0 Å². The van der Waals surface area contributed by atoms with Crippen molar-refractivity contribution in [1.82, 2.24) is 4.90 Å². The van der Waals surface area contributed by atoms with Crippen molar-refractivity contribution >= 4 is 28.9 Å². The molecule has 21 heavy (non-hydrogen) atoms. The van der Waals surface area contributed by atoms with E-state index in [0.717, 1.165) is 25.7 Å². The summed E-state index contributed by atoms with van der Waals surface area (Å²) in [6.45, 7) is 0.351. The third kappa shape index (κ3) is 3.15. The number of carbonyl (C=O) groups excluding carboxylic acids is 1. The van der Waals surface area contributed by atoms with Crippen molar-refractivity contribution in [1.29, 1.82) is 0 Å². The van der Waals surface area contributed by atoms with Gasteiger partial charge in [-0.1, -0.05) is 11.6 Å². The van der Waals surface area contributed by atoms with E-state index < -0.39 is 0 Å². The molecule has 1 aromatic rings. The molecule has 0 radical (unpaired) electrons. The van der Waals surface area contributed by atoms with E-state index in [2.05, 4.69) is 10.2 Å². The Balaban J connectivity index is 1.62. The predicted molar refractivity (Wildman–Crippen MR) is 83.3 cm³/mol. The molecular formula is C15H20ClN3O2. The minimum atomic E-state index is -0.214. The summed E-state index contributed by atoms with van der Waals surface area (Å²) < 4.78 is 0. The lowest BCUT2D eigenvalue weighted by Gasteiger charge is -2.36. The lowest BCUT2D eigenvalue weighted by Crippen LogP contribution is -2.47. The molecule has 3 rings (SSSR count). The molecule has 2 aliphatic rings. The van der Waals surface area contributed by atoms with Gasteiger partial charge in [0, 0.05) is 17.1 Å². The number of benzene rings is 1. The Morgan fingerprint density at radius 2 is 2.05 bits per heavy atom. The number of piperidine rings is 1. The number of hydrogen-bond donors (Lipinski definition) is 3. The standard InChI is InChI=1S/C15H20ClN3O2/c16-9-1-4-14(13(17)5-9)18-15(21)8-19-10-2-3-11(19)7-12(20)6-10/h1,4-5,10-12,20H,2-3,6-8,17H2,(H,18,21). The summed E-state index contributed by atoms with van der Waals surface area (Å²) >= 11 is 5.84. The van der Waals surface area contributed by atoms with Crippen molar-refractivity contribution in [3.8, 4) is 0 Å². The van der Waals surface area contributed by atoms with Gasteiger partial charge in [-0.15, -0.1) is 0 Å². The first-order valence-corrected chi connectivity index (χ1v) is 7.69. The van der Waals surface area contributed by atoms with Crippen LogP contribution in [0.2, 0.25) is 5.02 Å². The second-order valence-electron chi connectivity index (χ2n) is 5.96. The molecule has 2 bridgehead atoms. The molecule has 114 valence electrons. The van der Waals surface area contributed by atoms with Gasteiger partial charge in [-0.3, -0.25) is 9.69 Å². The zero-order chi connectivity index (χ0) is 15.0. The highest BCUT2D eigenvalue weighted by molar-refractivity contribution is 6.31. The molecule has 6 heteroatoms. The summed E-state index contributed by atoms with van der Waals surface area (Å²) in [6.07, 6.45) is 3.46. The van der Waals surface area contributed by atoms with Crippen molar-refractivity contribution < 1.29 is 9.90 Å². The van der Waals surface area contributed by atoms with Crippen LogP contribution in [0.15, 0.2) is 18.2 Å². The number of hydrogen-bond acceptors (Lipinski definition) is 4. The lowest BCUT2D eigenvalue weighted by molar-refractivity contribution is -0.119. The molecule has 2 unspecified atom stereocenters. The number of anilines is 2. The zero-order valence-corrected chi connectivity index (χ0v) is 12.5. The number of fused-ring (bicyclic) bond motifs is 2. The van der Waals surface area contributed by atoms with E-state index in [9.17, 15) is 9.90 Å². The summed E-state index contributed by atoms with van der Waals surface area (Å²) in [5.74, 6) is -0.0719. The van der Waals surface area contributed by atoms with Crippen LogP contribution in [0.3, 0.4) is 0 Å². The van der Waals surface area contributed by atoms with Gasteiger partial charge in [-0.2, -0.15) is 0 Å². The molecule has 1 amide bonds. The van der Waals surface area contributed by atoms with Crippen LogP contribution in [0.1, 0.15) is 25.7 Å². The largest absolute Gasteiger partial charge is 0.397 e. The van der Waals surface area contributed by atoms with Gasteiger partial charge in [0.25, 0.3) is 0 Å². The molecule has 2 aliphatic heterocycles. The first-order valence-electron chi connectivity index (χ1n) is 7.31. The molecule has 2 atom stereocenters. The predicted octanol–water partition coefficient (Wildman–Crippen LogP) is 1.85. The monoisotopic (exact) mass is 309 g/mol. The highest BCUT2D eigenvalue weighted by atomic mass is 35.5. The molecule has 0 aliphatic carbocycles. The molecule has 0 aromatic heterocycles. The molecule has 0 spiro atoms. The second-order valence-corrected chi connectivity index (χ2v) is 6.40. The van der Waals surface area contributed by atoms with Gasteiger partial charge in [-0.05, 0) is 43.9 Å². The van der Waals surface area contributed by atoms with Crippen LogP contribution in [-0.2, 0) is 4.79 Å². The minimum Gasteiger partial charge on any atom is -0.397 e. The SMILES string of the molecule is Nc1cc(Cl)ccc1NC(=O)CN1C2CCC1CC(O)C2. The van der Waals surface area contributed by atoms with Gasteiger partial charge in [0.05, 0.1) is 24.0 Å². The highest BCUT2D eigenvalue weighted by Gasteiger charge is 2.40. The maximum atomic E-state index is 12.2.